The molecule has 0 aromatic rings. The first-order valence-corrected chi connectivity index (χ1v) is 9.40. The summed E-state index contributed by atoms with van der Waals surface area (Å²) in [7, 11) is 0. The van der Waals surface area contributed by atoms with Gasteiger partial charge in [-0.2, -0.15) is 0 Å². The summed E-state index contributed by atoms with van der Waals surface area (Å²) in [4.78, 5) is 0. The molecule has 4 fully saturated rings. The zero-order valence-electron chi connectivity index (χ0n) is 14.0. The van der Waals surface area contributed by atoms with Crippen molar-refractivity contribution in [1.82, 2.24) is 0 Å². The molecule has 4 saturated carbocycles. The van der Waals surface area contributed by atoms with Gasteiger partial charge in [-0.3, -0.25) is 0 Å². The van der Waals surface area contributed by atoms with Crippen LogP contribution in [-0.2, 0) is 0 Å². The fraction of sp³-hybridized carbons (Fsp3) is 1.00. The summed E-state index contributed by atoms with van der Waals surface area (Å²) in [5.41, 5.74) is 0.273. The summed E-state index contributed by atoms with van der Waals surface area (Å²) < 4.78 is 0. The first-order valence-electron chi connectivity index (χ1n) is 9.40. The van der Waals surface area contributed by atoms with Gasteiger partial charge in [-0.1, -0.05) is 13.8 Å². The Bertz CT molecular complexity index is 452. The van der Waals surface area contributed by atoms with E-state index in [-0.39, 0.29) is 35.1 Å². The van der Waals surface area contributed by atoms with Crippen molar-refractivity contribution in [2.75, 3.05) is 0 Å². The monoisotopic (exact) mass is 308 g/mol. The predicted octanol–water partition coefficient (Wildman–Crippen LogP) is 2.72. The summed E-state index contributed by atoms with van der Waals surface area (Å²) >= 11 is 0. The number of aliphatic hydroxyl groups excluding tert-OH is 3. The van der Waals surface area contributed by atoms with E-state index >= 15 is 0 Å². The summed E-state index contributed by atoms with van der Waals surface area (Å²) in [6.07, 6.45) is 7.42. The van der Waals surface area contributed by atoms with Gasteiger partial charge < -0.3 is 15.3 Å². The van der Waals surface area contributed by atoms with Gasteiger partial charge in [-0.05, 0) is 85.9 Å². The van der Waals surface area contributed by atoms with Gasteiger partial charge in [-0.25, -0.2) is 0 Å². The lowest BCUT2D eigenvalue weighted by atomic mass is 9.44. The molecule has 126 valence electrons. The number of hydrogen-bond donors (Lipinski definition) is 3. The second-order valence-electron chi connectivity index (χ2n) is 9.36. The molecule has 4 rings (SSSR count). The van der Waals surface area contributed by atoms with Gasteiger partial charge in [0.25, 0.3) is 0 Å². The molecule has 22 heavy (non-hydrogen) atoms. The van der Waals surface area contributed by atoms with Crippen LogP contribution in [-0.4, -0.2) is 33.6 Å². The average molecular weight is 308 g/mol. The summed E-state index contributed by atoms with van der Waals surface area (Å²) in [6.45, 7) is 4.68. The molecule has 0 spiro atoms. The zero-order chi connectivity index (χ0) is 15.7. The fourth-order valence-electron chi connectivity index (χ4n) is 7.25. The molecular formula is C19H32O3. The minimum absolute atomic E-state index is 0.0816. The van der Waals surface area contributed by atoms with Crippen molar-refractivity contribution in [3.8, 4) is 0 Å². The van der Waals surface area contributed by atoms with Crippen LogP contribution in [0.1, 0.15) is 65.2 Å². The summed E-state index contributed by atoms with van der Waals surface area (Å²) in [5, 5.41) is 31.4. The maximum absolute atomic E-state index is 10.8. The molecule has 3 N–H and O–H groups in total. The number of fused-ring (bicyclic) bond motifs is 5. The average Bonchev–Trinajstić information content (AvgIpc) is 2.77. The first kappa shape index (κ1) is 15.4. The van der Waals surface area contributed by atoms with Crippen LogP contribution in [0.15, 0.2) is 0 Å². The van der Waals surface area contributed by atoms with E-state index in [2.05, 4.69) is 13.8 Å². The van der Waals surface area contributed by atoms with Crippen molar-refractivity contribution >= 4 is 0 Å². The van der Waals surface area contributed by atoms with Gasteiger partial charge in [0.05, 0.1) is 18.3 Å². The van der Waals surface area contributed by atoms with E-state index < -0.39 is 0 Å². The van der Waals surface area contributed by atoms with Gasteiger partial charge >= 0.3 is 0 Å². The van der Waals surface area contributed by atoms with Crippen LogP contribution in [0.4, 0.5) is 0 Å². The molecule has 0 aliphatic heterocycles. The molecule has 0 saturated heterocycles. The quantitative estimate of drug-likeness (QED) is 0.645. The lowest BCUT2D eigenvalue weighted by Crippen LogP contribution is -2.58. The third kappa shape index (κ3) is 1.91. The maximum Gasteiger partial charge on any atom is 0.0596 e. The lowest BCUT2D eigenvalue weighted by Gasteiger charge is -2.61. The molecular weight excluding hydrogens is 276 g/mol. The van der Waals surface area contributed by atoms with Crippen LogP contribution >= 0.6 is 0 Å². The second-order valence-corrected chi connectivity index (χ2v) is 9.36. The van der Waals surface area contributed by atoms with Crippen molar-refractivity contribution in [2.45, 2.75) is 83.5 Å². The van der Waals surface area contributed by atoms with E-state index in [1.165, 1.54) is 6.42 Å². The molecule has 3 heteroatoms. The minimum atomic E-state index is -0.263. The van der Waals surface area contributed by atoms with Gasteiger partial charge in [0, 0.05) is 0 Å². The number of aliphatic hydroxyl groups is 3. The topological polar surface area (TPSA) is 60.7 Å². The van der Waals surface area contributed by atoms with Crippen molar-refractivity contribution in [1.29, 1.82) is 0 Å². The molecule has 3 nitrogen and oxygen atoms in total. The van der Waals surface area contributed by atoms with E-state index in [9.17, 15) is 15.3 Å². The van der Waals surface area contributed by atoms with E-state index in [0.717, 1.165) is 44.9 Å². The highest BCUT2D eigenvalue weighted by Crippen LogP contribution is 2.66. The highest BCUT2D eigenvalue weighted by atomic mass is 16.3. The van der Waals surface area contributed by atoms with Gasteiger partial charge in [0.15, 0.2) is 0 Å². The molecule has 0 aromatic heterocycles. The Balaban J connectivity index is 1.66. The van der Waals surface area contributed by atoms with Gasteiger partial charge in [-0.15, -0.1) is 0 Å². The van der Waals surface area contributed by atoms with Crippen LogP contribution in [0, 0.1) is 34.5 Å². The predicted molar refractivity (Wildman–Crippen MR) is 85.1 cm³/mol. The lowest BCUT2D eigenvalue weighted by molar-refractivity contribution is -0.174. The van der Waals surface area contributed by atoms with Gasteiger partial charge in [0.2, 0.25) is 0 Å². The van der Waals surface area contributed by atoms with Crippen molar-refractivity contribution in [2.24, 2.45) is 34.5 Å². The van der Waals surface area contributed by atoms with Crippen molar-refractivity contribution in [3.63, 3.8) is 0 Å². The standard InChI is InChI=1S/C19H32O3/c1-18-7-5-11(20)9-15(18)16(21)10-12-13-3-4-17(22)19(13,2)8-6-14(12)18/h11-17,20-22H,3-10H2,1-2H3/t11-,12-,13+,14+,15+,16-,17+,18+,19-/m0/s1. The molecule has 0 amide bonds. The highest BCUT2D eigenvalue weighted by Gasteiger charge is 2.61. The van der Waals surface area contributed by atoms with Crippen molar-refractivity contribution in [3.05, 3.63) is 0 Å². The van der Waals surface area contributed by atoms with Crippen LogP contribution < -0.4 is 0 Å². The third-order valence-corrected chi connectivity index (χ3v) is 8.60. The number of rotatable bonds is 0. The molecule has 0 aromatic carbocycles. The summed E-state index contributed by atoms with van der Waals surface area (Å²) in [5.74, 6) is 2.10. The largest absolute Gasteiger partial charge is 0.393 e. The maximum atomic E-state index is 10.8. The van der Waals surface area contributed by atoms with E-state index in [1.807, 2.05) is 0 Å². The first-order chi connectivity index (χ1) is 10.4. The number of hydrogen-bond acceptors (Lipinski definition) is 3. The SMILES string of the molecule is C[C@]12CC[C@H](O)C[C@@H]1[C@@H](O)C[C@@H]1[C@H]2CC[C@]2(C)[C@H](O)CC[C@H]12. The molecule has 4 aliphatic rings. The zero-order valence-corrected chi connectivity index (χ0v) is 14.0. The minimum Gasteiger partial charge on any atom is -0.393 e. The molecule has 0 unspecified atom stereocenters. The second kappa shape index (κ2) is 4.94. The molecule has 0 bridgehead atoms. The Kier molecular flexibility index (Phi) is 3.46. The van der Waals surface area contributed by atoms with E-state index in [4.69, 9.17) is 0 Å². The van der Waals surface area contributed by atoms with E-state index in [0.29, 0.717) is 17.8 Å². The van der Waals surface area contributed by atoms with Crippen LogP contribution in [0.25, 0.3) is 0 Å². The van der Waals surface area contributed by atoms with Crippen molar-refractivity contribution < 1.29 is 15.3 Å². The Morgan fingerprint density at radius 1 is 0.727 bits per heavy atom. The Morgan fingerprint density at radius 2 is 1.41 bits per heavy atom. The van der Waals surface area contributed by atoms with E-state index in [1.54, 1.807) is 0 Å². The van der Waals surface area contributed by atoms with Crippen LogP contribution in [0.2, 0.25) is 0 Å². The molecule has 9 atom stereocenters. The van der Waals surface area contributed by atoms with Crippen LogP contribution in [0.5, 0.6) is 0 Å². The third-order valence-electron chi connectivity index (χ3n) is 8.60. The van der Waals surface area contributed by atoms with Gasteiger partial charge in [0.1, 0.15) is 0 Å². The Labute approximate surface area is 134 Å². The normalized spacial score (nSPS) is 61.2. The smallest absolute Gasteiger partial charge is 0.0596 e. The Morgan fingerprint density at radius 3 is 2.18 bits per heavy atom. The van der Waals surface area contributed by atoms with Crippen LogP contribution in [0.3, 0.4) is 0 Å². The molecule has 0 heterocycles. The fourth-order valence-corrected chi connectivity index (χ4v) is 7.25. The summed E-state index contributed by atoms with van der Waals surface area (Å²) in [6, 6.07) is 0. The highest BCUT2D eigenvalue weighted by molar-refractivity contribution is 5.11. The Hall–Kier alpha value is -0.120. The molecule has 4 aliphatic carbocycles. The molecule has 0 radical (unpaired) electrons.